The summed E-state index contributed by atoms with van der Waals surface area (Å²) in [6.07, 6.45) is 9.60. The molecule has 1 aromatic heterocycles. The van der Waals surface area contributed by atoms with E-state index in [2.05, 4.69) is 38.0 Å². The smallest absolute Gasteiger partial charge is 0.393 e. The third-order valence-corrected chi connectivity index (χ3v) is 3.05. The molecule has 0 bridgehead atoms. The molecule has 0 saturated carbocycles. The van der Waals surface area contributed by atoms with Crippen LogP contribution in [0.25, 0.3) is 0 Å². The Morgan fingerprint density at radius 3 is 2.55 bits per heavy atom. The summed E-state index contributed by atoms with van der Waals surface area (Å²) in [4.78, 5) is 4.31. The molecule has 0 aromatic carbocycles. The van der Waals surface area contributed by atoms with E-state index in [4.69, 9.17) is 9.15 Å². The van der Waals surface area contributed by atoms with Crippen molar-refractivity contribution in [1.82, 2.24) is 10.3 Å². The van der Waals surface area contributed by atoms with E-state index >= 15 is 0 Å². The maximum absolute atomic E-state index is 5.52. The van der Waals surface area contributed by atoms with Crippen LogP contribution in [0.5, 0.6) is 6.08 Å². The Hall–Kier alpha value is -1.03. The molecule has 1 rings (SSSR count). The number of nitrogens with one attached hydrogen (secondary N) is 1. The van der Waals surface area contributed by atoms with Crippen molar-refractivity contribution in [1.29, 1.82) is 0 Å². The van der Waals surface area contributed by atoms with Gasteiger partial charge in [0.2, 0.25) is 0 Å². The first-order valence-electron chi connectivity index (χ1n) is 7.83. The second-order valence-electron chi connectivity index (χ2n) is 6.32. The van der Waals surface area contributed by atoms with Gasteiger partial charge in [-0.15, -0.1) is 0 Å². The molecule has 0 atom stereocenters. The van der Waals surface area contributed by atoms with E-state index in [-0.39, 0.29) is 5.54 Å². The van der Waals surface area contributed by atoms with Crippen LogP contribution in [0.3, 0.4) is 0 Å². The number of hydrogen-bond donors (Lipinski definition) is 1. The summed E-state index contributed by atoms with van der Waals surface area (Å²) >= 11 is 0. The van der Waals surface area contributed by atoms with Crippen LogP contribution in [-0.4, -0.2) is 17.1 Å². The van der Waals surface area contributed by atoms with Gasteiger partial charge in [-0.1, -0.05) is 39.0 Å². The Kier molecular flexibility index (Phi) is 7.67. The van der Waals surface area contributed by atoms with Gasteiger partial charge in [0.25, 0.3) is 0 Å². The molecular weight excluding hydrogens is 252 g/mol. The summed E-state index contributed by atoms with van der Waals surface area (Å²) in [6.45, 7) is 10.0. The van der Waals surface area contributed by atoms with Crippen molar-refractivity contribution in [2.24, 2.45) is 0 Å². The van der Waals surface area contributed by atoms with Gasteiger partial charge in [-0.25, -0.2) is 0 Å². The van der Waals surface area contributed by atoms with Crippen LogP contribution in [-0.2, 0) is 6.54 Å². The predicted molar refractivity (Wildman–Crippen MR) is 82.0 cm³/mol. The van der Waals surface area contributed by atoms with Crippen LogP contribution in [0.1, 0.15) is 71.9 Å². The van der Waals surface area contributed by atoms with E-state index in [0.717, 1.165) is 12.1 Å². The minimum Gasteiger partial charge on any atom is -0.450 e. The lowest BCUT2D eigenvalue weighted by molar-refractivity contribution is 0.224. The monoisotopic (exact) mass is 282 g/mol. The van der Waals surface area contributed by atoms with Gasteiger partial charge < -0.3 is 14.5 Å². The number of oxazole rings is 1. The summed E-state index contributed by atoms with van der Waals surface area (Å²) in [7, 11) is 0. The molecule has 116 valence electrons. The standard InChI is InChI=1S/C16H30N2O2/c1-5-6-7-8-9-10-11-19-15-18-14(13-20-15)12-17-16(2,3)4/h13,17H,5-12H2,1-4H3. The molecule has 1 aromatic rings. The van der Waals surface area contributed by atoms with Gasteiger partial charge in [0.15, 0.2) is 0 Å². The van der Waals surface area contributed by atoms with Crippen LogP contribution in [0, 0.1) is 0 Å². The first-order chi connectivity index (χ1) is 9.51. The highest BCUT2D eigenvalue weighted by atomic mass is 16.6. The van der Waals surface area contributed by atoms with Gasteiger partial charge in [-0.2, -0.15) is 4.98 Å². The van der Waals surface area contributed by atoms with E-state index in [9.17, 15) is 0 Å². The van der Waals surface area contributed by atoms with Crippen LogP contribution in [0.15, 0.2) is 10.7 Å². The summed E-state index contributed by atoms with van der Waals surface area (Å²) in [5, 5.41) is 3.37. The molecule has 1 heterocycles. The highest BCUT2D eigenvalue weighted by molar-refractivity contribution is 5.00. The Balaban J connectivity index is 2.11. The van der Waals surface area contributed by atoms with E-state index in [0.29, 0.717) is 19.2 Å². The number of ether oxygens (including phenoxy) is 1. The molecule has 1 N–H and O–H groups in total. The topological polar surface area (TPSA) is 47.3 Å². The van der Waals surface area contributed by atoms with E-state index < -0.39 is 0 Å². The summed E-state index contributed by atoms with van der Waals surface area (Å²) in [5.74, 6) is 0. The third-order valence-electron chi connectivity index (χ3n) is 3.05. The molecular formula is C16H30N2O2. The minimum absolute atomic E-state index is 0.0818. The highest BCUT2D eigenvalue weighted by Gasteiger charge is 2.11. The van der Waals surface area contributed by atoms with Crippen molar-refractivity contribution in [3.05, 3.63) is 12.0 Å². The van der Waals surface area contributed by atoms with E-state index in [1.807, 2.05) is 0 Å². The van der Waals surface area contributed by atoms with Crippen molar-refractivity contribution in [2.45, 2.75) is 78.3 Å². The van der Waals surface area contributed by atoms with Crippen LogP contribution in [0.2, 0.25) is 0 Å². The second-order valence-corrected chi connectivity index (χ2v) is 6.32. The maximum Gasteiger partial charge on any atom is 0.393 e. The summed E-state index contributed by atoms with van der Waals surface area (Å²) in [5.41, 5.74) is 0.969. The molecule has 0 aliphatic heterocycles. The molecule has 0 aliphatic rings. The molecule has 0 radical (unpaired) electrons. The minimum atomic E-state index is 0.0818. The molecule has 0 fully saturated rings. The van der Waals surface area contributed by atoms with Gasteiger partial charge in [0.1, 0.15) is 6.26 Å². The highest BCUT2D eigenvalue weighted by Crippen LogP contribution is 2.12. The zero-order chi connectivity index (χ0) is 14.8. The normalized spacial score (nSPS) is 11.8. The van der Waals surface area contributed by atoms with Crippen LogP contribution in [0.4, 0.5) is 0 Å². The van der Waals surface area contributed by atoms with Gasteiger partial charge >= 0.3 is 6.08 Å². The maximum atomic E-state index is 5.52. The zero-order valence-corrected chi connectivity index (χ0v) is 13.5. The third kappa shape index (κ3) is 8.20. The lowest BCUT2D eigenvalue weighted by atomic mass is 10.1. The van der Waals surface area contributed by atoms with E-state index in [1.165, 1.54) is 32.1 Å². The number of rotatable bonds is 10. The zero-order valence-electron chi connectivity index (χ0n) is 13.5. The predicted octanol–water partition coefficient (Wildman–Crippen LogP) is 4.30. The van der Waals surface area contributed by atoms with Gasteiger partial charge in [-0.3, -0.25) is 0 Å². The Labute approximate surface area is 123 Å². The first kappa shape index (κ1) is 17.0. The van der Waals surface area contributed by atoms with Crippen molar-refractivity contribution in [3.8, 4) is 6.08 Å². The molecule has 4 heteroatoms. The average molecular weight is 282 g/mol. The fourth-order valence-corrected chi connectivity index (χ4v) is 1.83. The molecule has 0 amide bonds. The van der Waals surface area contributed by atoms with E-state index in [1.54, 1.807) is 6.26 Å². The van der Waals surface area contributed by atoms with Gasteiger partial charge in [-0.05, 0) is 27.2 Å². The first-order valence-corrected chi connectivity index (χ1v) is 7.83. The Morgan fingerprint density at radius 1 is 1.15 bits per heavy atom. The van der Waals surface area contributed by atoms with Gasteiger partial charge in [0.05, 0.1) is 12.3 Å². The summed E-state index contributed by atoms with van der Waals surface area (Å²) < 4.78 is 10.8. The van der Waals surface area contributed by atoms with Crippen molar-refractivity contribution >= 4 is 0 Å². The van der Waals surface area contributed by atoms with Crippen molar-refractivity contribution in [3.63, 3.8) is 0 Å². The molecule has 4 nitrogen and oxygen atoms in total. The number of unbranched alkanes of at least 4 members (excludes halogenated alkanes) is 5. The summed E-state index contributed by atoms with van der Waals surface area (Å²) in [6, 6.07) is 0. The molecule has 0 spiro atoms. The van der Waals surface area contributed by atoms with Gasteiger partial charge in [0, 0.05) is 12.1 Å². The second kappa shape index (κ2) is 9.01. The number of nitrogens with zero attached hydrogens (tertiary/aromatic N) is 1. The fraction of sp³-hybridized carbons (Fsp3) is 0.812. The lowest BCUT2D eigenvalue weighted by Crippen LogP contribution is -2.35. The molecule has 0 saturated heterocycles. The van der Waals surface area contributed by atoms with Crippen molar-refractivity contribution in [2.75, 3.05) is 6.61 Å². The molecule has 0 aliphatic carbocycles. The Morgan fingerprint density at radius 2 is 1.85 bits per heavy atom. The molecule has 20 heavy (non-hydrogen) atoms. The number of aromatic nitrogens is 1. The number of hydrogen-bond acceptors (Lipinski definition) is 4. The quantitative estimate of drug-likeness (QED) is 0.650. The SMILES string of the molecule is CCCCCCCCOc1nc(CNC(C)(C)C)co1. The van der Waals surface area contributed by atoms with Crippen LogP contribution < -0.4 is 10.1 Å². The molecule has 0 unspecified atom stereocenters. The average Bonchev–Trinajstić information content (AvgIpc) is 2.82. The largest absolute Gasteiger partial charge is 0.450 e. The fourth-order valence-electron chi connectivity index (χ4n) is 1.83. The Bertz CT molecular complexity index is 356. The van der Waals surface area contributed by atoms with Crippen molar-refractivity contribution < 1.29 is 9.15 Å². The lowest BCUT2D eigenvalue weighted by Gasteiger charge is -2.19. The van der Waals surface area contributed by atoms with Crippen LogP contribution >= 0.6 is 0 Å².